The van der Waals surface area contributed by atoms with Crippen molar-refractivity contribution in [3.05, 3.63) is 82.4 Å². The average Bonchev–Trinajstić information content (AvgIpc) is 2.98. The lowest BCUT2D eigenvalue weighted by Crippen LogP contribution is -2.13. The van der Waals surface area contributed by atoms with Crippen molar-refractivity contribution < 1.29 is 13.6 Å². The van der Waals surface area contributed by atoms with E-state index in [9.17, 15) is 13.6 Å². The van der Waals surface area contributed by atoms with Crippen molar-refractivity contribution in [2.75, 3.05) is 5.32 Å². The second-order valence-corrected chi connectivity index (χ2v) is 6.37. The van der Waals surface area contributed by atoms with Crippen LogP contribution < -0.4 is 5.32 Å². The van der Waals surface area contributed by atoms with E-state index in [1.807, 2.05) is 30.3 Å². The number of aromatic nitrogens is 1. The topological polar surface area (TPSA) is 42.0 Å². The van der Waals surface area contributed by atoms with E-state index < -0.39 is 11.6 Å². The van der Waals surface area contributed by atoms with Gasteiger partial charge in [-0.25, -0.2) is 13.8 Å². The minimum Gasteiger partial charge on any atom is -0.302 e. The van der Waals surface area contributed by atoms with Gasteiger partial charge in [0.1, 0.15) is 11.6 Å². The molecule has 1 N–H and O–H groups in total. The monoisotopic (exact) mass is 344 g/mol. The van der Waals surface area contributed by atoms with Crippen LogP contribution in [-0.4, -0.2) is 10.9 Å². The highest BCUT2D eigenvalue weighted by Crippen LogP contribution is 2.23. The predicted octanol–water partition coefficient (Wildman–Crippen LogP) is 4.19. The Morgan fingerprint density at radius 3 is 2.67 bits per heavy atom. The van der Waals surface area contributed by atoms with Gasteiger partial charge in [0.15, 0.2) is 5.13 Å². The van der Waals surface area contributed by atoms with Gasteiger partial charge in [-0.3, -0.25) is 4.79 Å². The summed E-state index contributed by atoms with van der Waals surface area (Å²) in [4.78, 5) is 16.9. The van der Waals surface area contributed by atoms with Crippen molar-refractivity contribution in [2.45, 2.75) is 12.8 Å². The molecule has 122 valence electrons. The van der Waals surface area contributed by atoms with E-state index in [-0.39, 0.29) is 12.3 Å². The molecule has 0 saturated carbocycles. The van der Waals surface area contributed by atoms with E-state index in [1.165, 1.54) is 23.5 Å². The van der Waals surface area contributed by atoms with Crippen molar-refractivity contribution in [3.8, 4) is 0 Å². The number of carbonyl (C=O) groups is 1. The first-order valence-electron chi connectivity index (χ1n) is 7.32. The van der Waals surface area contributed by atoms with E-state index in [4.69, 9.17) is 0 Å². The number of hydrogen-bond donors (Lipinski definition) is 1. The molecule has 6 heteroatoms. The fourth-order valence-corrected chi connectivity index (χ4v) is 3.10. The van der Waals surface area contributed by atoms with Crippen molar-refractivity contribution in [3.63, 3.8) is 0 Å². The number of nitrogens with zero attached hydrogens (tertiary/aromatic N) is 1. The third-order valence-electron chi connectivity index (χ3n) is 3.39. The molecule has 3 nitrogen and oxygen atoms in total. The summed E-state index contributed by atoms with van der Waals surface area (Å²) in [7, 11) is 0. The molecule has 0 aliphatic carbocycles. The van der Waals surface area contributed by atoms with Gasteiger partial charge in [-0.05, 0) is 17.2 Å². The van der Waals surface area contributed by atoms with Crippen LogP contribution in [0.25, 0.3) is 0 Å². The zero-order valence-electron chi connectivity index (χ0n) is 12.6. The molecule has 0 atom stereocenters. The number of hydrogen-bond acceptors (Lipinski definition) is 3. The molecule has 24 heavy (non-hydrogen) atoms. The third-order valence-corrected chi connectivity index (χ3v) is 4.30. The Labute approximate surface area is 142 Å². The number of carbonyl (C=O) groups excluding carboxylic acids is 1. The summed E-state index contributed by atoms with van der Waals surface area (Å²) in [5.74, 6) is -1.34. The maximum absolute atomic E-state index is 13.7. The van der Waals surface area contributed by atoms with Gasteiger partial charge in [0, 0.05) is 23.6 Å². The Hall–Kier alpha value is -2.60. The van der Waals surface area contributed by atoms with Crippen LogP contribution in [0.2, 0.25) is 0 Å². The molecule has 1 amide bonds. The summed E-state index contributed by atoms with van der Waals surface area (Å²) in [5.41, 5.74) is 1.31. The summed E-state index contributed by atoms with van der Waals surface area (Å²) >= 11 is 1.28. The van der Waals surface area contributed by atoms with Crippen LogP contribution in [0.1, 0.15) is 16.0 Å². The average molecular weight is 344 g/mol. The number of amides is 1. The maximum atomic E-state index is 13.7. The SMILES string of the molecule is O=C(Cc1ccccc1)Nc1ncc(Cc2ccc(F)cc2F)s1. The van der Waals surface area contributed by atoms with Crippen LogP contribution in [0.3, 0.4) is 0 Å². The Kier molecular flexibility index (Phi) is 4.96. The zero-order valence-corrected chi connectivity index (χ0v) is 13.4. The van der Waals surface area contributed by atoms with Crippen LogP contribution in [0.5, 0.6) is 0 Å². The smallest absolute Gasteiger partial charge is 0.230 e. The highest BCUT2D eigenvalue weighted by Gasteiger charge is 2.10. The second kappa shape index (κ2) is 7.31. The van der Waals surface area contributed by atoms with Crippen molar-refractivity contribution in [2.24, 2.45) is 0 Å². The number of nitrogens with one attached hydrogen (secondary N) is 1. The van der Waals surface area contributed by atoms with Crippen LogP contribution in [0.4, 0.5) is 13.9 Å². The first kappa shape index (κ1) is 16.3. The molecule has 0 aliphatic rings. The molecule has 1 aromatic heterocycles. The summed E-state index contributed by atoms with van der Waals surface area (Å²) in [6.45, 7) is 0. The van der Waals surface area contributed by atoms with E-state index in [0.717, 1.165) is 16.5 Å². The molecular formula is C18H14F2N2OS. The summed E-state index contributed by atoms with van der Waals surface area (Å²) < 4.78 is 26.6. The molecule has 2 aromatic carbocycles. The molecule has 0 spiro atoms. The normalized spacial score (nSPS) is 10.6. The first-order valence-corrected chi connectivity index (χ1v) is 8.14. The highest BCUT2D eigenvalue weighted by molar-refractivity contribution is 7.15. The first-order chi connectivity index (χ1) is 11.6. The molecule has 3 aromatic rings. The molecule has 0 bridgehead atoms. The molecule has 3 rings (SSSR count). The Bertz CT molecular complexity index is 849. The summed E-state index contributed by atoms with van der Waals surface area (Å²) in [6, 6.07) is 12.9. The fraction of sp³-hybridized carbons (Fsp3) is 0.111. The lowest BCUT2D eigenvalue weighted by molar-refractivity contribution is -0.115. The quantitative estimate of drug-likeness (QED) is 0.754. The molecule has 0 unspecified atom stereocenters. The van der Waals surface area contributed by atoms with Crippen LogP contribution in [0.15, 0.2) is 54.7 Å². The van der Waals surface area contributed by atoms with Gasteiger partial charge < -0.3 is 5.32 Å². The minimum atomic E-state index is -0.602. The number of halogens is 2. The molecule has 0 aliphatic heterocycles. The van der Waals surface area contributed by atoms with E-state index >= 15 is 0 Å². The lowest BCUT2D eigenvalue weighted by atomic mass is 10.1. The summed E-state index contributed by atoms with van der Waals surface area (Å²) in [5, 5.41) is 3.20. The van der Waals surface area contributed by atoms with E-state index in [0.29, 0.717) is 17.1 Å². The standard InChI is InChI=1S/C18H14F2N2OS/c19-14-7-6-13(16(20)10-14)9-15-11-21-18(24-15)22-17(23)8-12-4-2-1-3-5-12/h1-7,10-11H,8-9H2,(H,21,22,23). The maximum Gasteiger partial charge on any atom is 0.230 e. The van der Waals surface area contributed by atoms with Gasteiger partial charge in [0.25, 0.3) is 0 Å². The van der Waals surface area contributed by atoms with E-state index in [2.05, 4.69) is 10.3 Å². The number of anilines is 1. The molecule has 1 heterocycles. The largest absolute Gasteiger partial charge is 0.302 e. The van der Waals surface area contributed by atoms with Crippen molar-refractivity contribution >= 4 is 22.4 Å². The van der Waals surface area contributed by atoms with Crippen molar-refractivity contribution in [1.82, 2.24) is 4.98 Å². The number of benzene rings is 2. The zero-order chi connectivity index (χ0) is 16.9. The van der Waals surface area contributed by atoms with Gasteiger partial charge in [-0.1, -0.05) is 36.4 Å². The molecular weight excluding hydrogens is 330 g/mol. The third kappa shape index (κ3) is 4.23. The van der Waals surface area contributed by atoms with Gasteiger partial charge in [0.2, 0.25) is 5.91 Å². The highest BCUT2D eigenvalue weighted by atomic mass is 32.1. The summed E-state index contributed by atoms with van der Waals surface area (Å²) in [6.07, 6.45) is 2.16. The Morgan fingerprint density at radius 1 is 1.12 bits per heavy atom. The Balaban J connectivity index is 1.62. The van der Waals surface area contributed by atoms with E-state index in [1.54, 1.807) is 6.20 Å². The predicted molar refractivity (Wildman–Crippen MR) is 90.1 cm³/mol. The molecule has 0 fully saturated rings. The number of rotatable bonds is 5. The van der Waals surface area contributed by atoms with Gasteiger partial charge in [-0.15, -0.1) is 11.3 Å². The molecule has 0 saturated heterocycles. The van der Waals surface area contributed by atoms with Gasteiger partial charge in [-0.2, -0.15) is 0 Å². The Morgan fingerprint density at radius 2 is 1.92 bits per heavy atom. The van der Waals surface area contributed by atoms with Crippen LogP contribution >= 0.6 is 11.3 Å². The minimum absolute atomic E-state index is 0.157. The molecule has 0 radical (unpaired) electrons. The van der Waals surface area contributed by atoms with Gasteiger partial charge >= 0.3 is 0 Å². The van der Waals surface area contributed by atoms with Gasteiger partial charge in [0.05, 0.1) is 6.42 Å². The fourth-order valence-electron chi connectivity index (χ4n) is 2.24. The van der Waals surface area contributed by atoms with Crippen LogP contribution in [-0.2, 0) is 17.6 Å². The second-order valence-electron chi connectivity index (χ2n) is 5.25. The lowest BCUT2D eigenvalue weighted by Gasteiger charge is -2.02. The van der Waals surface area contributed by atoms with Crippen LogP contribution in [0, 0.1) is 11.6 Å². The van der Waals surface area contributed by atoms with Crippen molar-refractivity contribution in [1.29, 1.82) is 0 Å². The number of thiazole rings is 1.